The summed E-state index contributed by atoms with van der Waals surface area (Å²) in [5, 5.41) is 120. The van der Waals surface area contributed by atoms with Crippen molar-refractivity contribution in [1.82, 2.24) is 5.32 Å². The molecule has 79 heavy (non-hydrogen) atoms. The molecule has 3 heterocycles. The molecule has 19 heteroatoms. The first-order valence-corrected chi connectivity index (χ1v) is 30.7. The number of ether oxygens (including phenoxy) is 6. The second-order valence-electron chi connectivity index (χ2n) is 22.2. The number of aliphatic hydroxyl groups is 11. The number of carbonyl (C=O) groups excluding carboxylic acids is 1. The lowest BCUT2D eigenvalue weighted by molar-refractivity contribution is -0.379. The fourth-order valence-electron chi connectivity index (χ4n) is 10.3. The van der Waals surface area contributed by atoms with E-state index in [1.807, 2.05) is 6.08 Å². The molecule has 17 atom stereocenters. The van der Waals surface area contributed by atoms with Crippen LogP contribution >= 0.6 is 0 Å². The number of nitrogens with one attached hydrogen (secondary N) is 1. The van der Waals surface area contributed by atoms with Crippen molar-refractivity contribution in [3.63, 3.8) is 0 Å². The van der Waals surface area contributed by atoms with Gasteiger partial charge in [-0.15, -0.1) is 0 Å². The summed E-state index contributed by atoms with van der Waals surface area (Å²) in [4.78, 5) is 13.3. The second-order valence-corrected chi connectivity index (χ2v) is 22.2. The molecular weight excluding hydrogens is 1020 g/mol. The first-order valence-electron chi connectivity index (χ1n) is 30.7. The van der Waals surface area contributed by atoms with E-state index in [0.717, 1.165) is 44.9 Å². The van der Waals surface area contributed by atoms with E-state index in [2.05, 4.69) is 43.5 Å². The fraction of sp³-hybridized carbons (Fsp3) is 0.883. The van der Waals surface area contributed by atoms with Crippen LogP contribution < -0.4 is 5.32 Å². The molecule has 0 spiro atoms. The number of carbonyl (C=O) groups is 1. The van der Waals surface area contributed by atoms with Crippen molar-refractivity contribution in [1.29, 1.82) is 0 Å². The van der Waals surface area contributed by atoms with Crippen molar-refractivity contribution in [3.8, 4) is 0 Å². The molecule has 0 radical (unpaired) electrons. The van der Waals surface area contributed by atoms with Gasteiger partial charge in [0, 0.05) is 6.42 Å². The van der Waals surface area contributed by atoms with Crippen molar-refractivity contribution < 1.29 is 89.4 Å². The molecule has 3 fully saturated rings. The van der Waals surface area contributed by atoms with Gasteiger partial charge in [0.05, 0.1) is 38.6 Å². The second kappa shape index (κ2) is 43.6. The summed E-state index contributed by atoms with van der Waals surface area (Å²) in [7, 11) is 0. The summed E-state index contributed by atoms with van der Waals surface area (Å²) in [6.07, 6.45) is 19.8. The molecule has 0 aromatic rings. The van der Waals surface area contributed by atoms with Gasteiger partial charge in [-0.3, -0.25) is 4.79 Å². The highest BCUT2D eigenvalue weighted by atomic mass is 16.8. The highest BCUT2D eigenvalue weighted by Gasteiger charge is 2.53. The normalized spacial score (nSPS) is 30.5. The van der Waals surface area contributed by atoms with Crippen molar-refractivity contribution in [3.05, 3.63) is 36.5 Å². The number of allylic oxidation sites excluding steroid dienone is 5. The molecule has 1 amide bonds. The van der Waals surface area contributed by atoms with Crippen LogP contribution in [0.15, 0.2) is 36.5 Å². The van der Waals surface area contributed by atoms with Gasteiger partial charge in [-0.1, -0.05) is 192 Å². The van der Waals surface area contributed by atoms with Gasteiger partial charge < -0.3 is 89.9 Å². The van der Waals surface area contributed by atoms with E-state index in [1.54, 1.807) is 6.08 Å². The Morgan fingerprint density at radius 3 is 1.27 bits per heavy atom. The maximum Gasteiger partial charge on any atom is 0.220 e. The molecule has 0 aromatic heterocycles. The summed E-state index contributed by atoms with van der Waals surface area (Å²) in [6, 6.07) is -0.992. The number of rotatable bonds is 45. The molecule has 0 aliphatic carbocycles. The Morgan fingerprint density at radius 1 is 0.443 bits per heavy atom. The zero-order valence-corrected chi connectivity index (χ0v) is 48.1. The topological polar surface area (TPSA) is 307 Å². The van der Waals surface area contributed by atoms with Crippen molar-refractivity contribution >= 4 is 5.91 Å². The van der Waals surface area contributed by atoms with Crippen LogP contribution in [0.2, 0.25) is 0 Å². The first-order chi connectivity index (χ1) is 38.3. The van der Waals surface area contributed by atoms with E-state index in [-0.39, 0.29) is 18.9 Å². The van der Waals surface area contributed by atoms with Gasteiger partial charge in [-0.05, 0) is 44.9 Å². The Bertz CT molecular complexity index is 1590. The third-order valence-electron chi connectivity index (χ3n) is 15.4. The Morgan fingerprint density at radius 2 is 0.810 bits per heavy atom. The predicted molar refractivity (Wildman–Crippen MR) is 300 cm³/mol. The third kappa shape index (κ3) is 27.5. The van der Waals surface area contributed by atoms with E-state index in [9.17, 15) is 61.0 Å². The number of amides is 1. The van der Waals surface area contributed by atoms with E-state index in [1.165, 1.54) is 128 Å². The average Bonchev–Trinajstić information content (AvgIpc) is 3.49. The number of hydrogen-bond acceptors (Lipinski definition) is 18. The van der Waals surface area contributed by atoms with Gasteiger partial charge >= 0.3 is 0 Å². The fourth-order valence-corrected chi connectivity index (χ4v) is 10.3. The van der Waals surface area contributed by atoms with Crippen molar-refractivity contribution in [2.24, 2.45) is 0 Å². The Labute approximate surface area is 472 Å². The minimum Gasteiger partial charge on any atom is -0.394 e. The van der Waals surface area contributed by atoms with Gasteiger partial charge in [0.1, 0.15) is 73.2 Å². The first kappa shape index (κ1) is 71.3. The molecule has 462 valence electrons. The SMILES string of the molecule is CCCCCCCC/C=C/CC/C=C/CC/C=C/C(O)C(COC1OC(CO)C(OC2OC(CO)C(OC3OC(CO)C(O)C(O)C3O)C(O)C2O)C(O)C1O)NC(=O)CCCCCCCCCCCCCCCCCCCC. The third-order valence-corrected chi connectivity index (χ3v) is 15.4. The molecule has 0 bridgehead atoms. The summed E-state index contributed by atoms with van der Waals surface area (Å²) in [5.74, 6) is -0.288. The summed E-state index contributed by atoms with van der Waals surface area (Å²) < 4.78 is 34.2. The molecule has 3 rings (SSSR count). The van der Waals surface area contributed by atoms with Crippen LogP contribution in [-0.2, 0) is 33.2 Å². The van der Waals surface area contributed by atoms with Gasteiger partial charge in [0.2, 0.25) is 5.91 Å². The molecule has 0 aromatic carbocycles. The molecule has 12 N–H and O–H groups in total. The Kier molecular flexibility index (Phi) is 39.4. The Hall–Kier alpha value is -1.99. The Balaban J connectivity index is 1.51. The maximum atomic E-state index is 13.3. The van der Waals surface area contributed by atoms with Crippen LogP contribution in [0.3, 0.4) is 0 Å². The standard InChI is InChI=1S/C60H109NO18/c1-3-5-7-9-11-13-15-17-19-21-22-24-26-28-30-32-34-36-38-48(66)61-43(44(65)37-35-33-31-29-27-25-23-20-18-16-14-12-10-8-6-4-2)42-74-58-54(72)51(69)56(46(40-63)76-58)79-60-55(73)52(70)57(47(41-64)77-60)78-59-53(71)50(68)49(67)45(39-62)75-59/h18,20,27,29,35,37,43-47,49-60,62-65,67-73H,3-17,19,21-26,28,30-34,36,38-42H2,1-2H3,(H,61,66)/b20-18+,29-27+,37-35+. The van der Waals surface area contributed by atoms with Gasteiger partial charge in [-0.25, -0.2) is 0 Å². The summed E-state index contributed by atoms with van der Waals surface area (Å²) in [5.41, 5.74) is 0. The average molecular weight is 1130 g/mol. The largest absolute Gasteiger partial charge is 0.394 e. The van der Waals surface area contributed by atoms with Crippen LogP contribution in [0.4, 0.5) is 0 Å². The monoisotopic (exact) mass is 1130 g/mol. The number of unbranched alkanes of at least 4 members (excludes halogenated alkanes) is 25. The lowest BCUT2D eigenvalue weighted by Crippen LogP contribution is -2.66. The number of hydrogen-bond donors (Lipinski definition) is 12. The molecule has 3 saturated heterocycles. The zero-order valence-electron chi connectivity index (χ0n) is 48.1. The predicted octanol–water partition coefficient (Wildman–Crippen LogP) is 5.71. The van der Waals surface area contributed by atoms with E-state index in [0.29, 0.717) is 12.8 Å². The van der Waals surface area contributed by atoms with Gasteiger partial charge in [-0.2, -0.15) is 0 Å². The van der Waals surface area contributed by atoms with Crippen molar-refractivity contribution in [2.75, 3.05) is 26.4 Å². The minimum absolute atomic E-state index is 0.235. The highest BCUT2D eigenvalue weighted by molar-refractivity contribution is 5.76. The molecule has 3 aliphatic heterocycles. The van der Waals surface area contributed by atoms with E-state index >= 15 is 0 Å². The highest BCUT2D eigenvalue weighted by Crippen LogP contribution is 2.33. The number of aliphatic hydroxyl groups excluding tert-OH is 11. The molecule has 0 saturated carbocycles. The van der Waals surface area contributed by atoms with Crippen LogP contribution in [0.1, 0.15) is 206 Å². The van der Waals surface area contributed by atoms with Crippen LogP contribution in [-0.4, -0.2) is 193 Å². The minimum atomic E-state index is -1.98. The van der Waals surface area contributed by atoms with E-state index < -0.39 is 124 Å². The van der Waals surface area contributed by atoms with Crippen molar-refractivity contribution in [2.45, 2.75) is 311 Å². The molecular formula is C60H109NO18. The smallest absolute Gasteiger partial charge is 0.220 e. The zero-order chi connectivity index (χ0) is 57.6. The van der Waals surface area contributed by atoms with Crippen LogP contribution in [0.5, 0.6) is 0 Å². The molecule has 17 unspecified atom stereocenters. The van der Waals surface area contributed by atoms with Crippen LogP contribution in [0, 0.1) is 0 Å². The van der Waals surface area contributed by atoms with E-state index in [4.69, 9.17) is 28.4 Å². The summed E-state index contributed by atoms with van der Waals surface area (Å²) in [6.45, 7) is 1.69. The molecule has 3 aliphatic rings. The quantitative estimate of drug-likeness (QED) is 0.0257. The van der Waals surface area contributed by atoms with Gasteiger partial charge in [0.15, 0.2) is 18.9 Å². The van der Waals surface area contributed by atoms with Gasteiger partial charge in [0.25, 0.3) is 0 Å². The lowest BCUT2D eigenvalue weighted by Gasteiger charge is -2.48. The maximum absolute atomic E-state index is 13.3. The summed E-state index contributed by atoms with van der Waals surface area (Å²) >= 11 is 0. The molecule has 19 nitrogen and oxygen atoms in total. The lowest BCUT2D eigenvalue weighted by atomic mass is 9.96. The van der Waals surface area contributed by atoms with Crippen LogP contribution in [0.25, 0.3) is 0 Å².